The van der Waals surface area contributed by atoms with Crippen molar-refractivity contribution >= 4 is 5.91 Å². The number of nitrogens with zero attached hydrogens (tertiary/aromatic N) is 5. The smallest absolute Gasteiger partial charge is 0.256 e. The molecule has 0 N–H and O–H groups in total. The molecule has 0 spiro atoms. The molecule has 1 fully saturated rings. The van der Waals surface area contributed by atoms with Gasteiger partial charge in [0.15, 0.2) is 0 Å². The number of likely N-dealkylation sites (tertiary alicyclic amines) is 1. The minimum atomic E-state index is -0.0777. The van der Waals surface area contributed by atoms with Crippen LogP contribution >= 0.6 is 0 Å². The number of benzene rings is 1. The Bertz CT molecular complexity index is 943. The minimum Gasteiger partial charge on any atom is -0.472 e. The molecule has 0 bridgehead atoms. The summed E-state index contributed by atoms with van der Waals surface area (Å²) in [7, 11) is 0. The molecule has 0 aliphatic carbocycles. The van der Waals surface area contributed by atoms with Crippen molar-refractivity contribution in [3.8, 4) is 11.6 Å². The number of pyridine rings is 1. The number of amides is 1. The van der Waals surface area contributed by atoms with Gasteiger partial charge in [0, 0.05) is 18.3 Å². The summed E-state index contributed by atoms with van der Waals surface area (Å²) in [6.45, 7) is 4.58. The summed E-state index contributed by atoms with van der Waals surface area (Å²) in [6.07, 6.45) is 6.61. The number of aryl methyl sites for hydroxylation is 1. The van der Waals surface area contributed by atoms with Crippen molar-refractivity contribution in [2.75, 3.05) is 6.54 Å². The van der Waals surface area contributed by atoms with Crippen molar-refractivity contribution in [3.63, 3.8) is 0 Å². The van der Waals surface area contributed by atoms with Crippen molar-refractivity contribution < 1.29 is 9.53 Å². The van der Waals surface area contributed by atoms with E-state index < -0.39 is 0 Å². The maximum Gasteiger partial charge on any atom is 0.256 e. The molecule has 2 unspecified atom stereocenters. The summed E-state index contributed by atoms with van der Waals surface area (Å²) in [6, 6.07) is 11.5. The van der Waals surface area contributed by atoms with Crippen LogP contribution in [0, 0.1) is 6.92 Å². The zero-order chi connectivity index (χ0) is 19.5. The van der Waals surface area contributed by atoms with E-state index >= 15 is 0 Å². The van der Waals surface area contributed by atoms with E-state index in [2.05, 4.69) is 22.1 Å². The van der Waals surface area contributed by atoms with E-state index in [0.29, 0.717) is 23.7 Å². The monoisotopic (exact) mass is 377 g/mol. The third kappa shape index (κ3) is 3.74. The Balaban J connectivity index is 1.59. The van der Waals surface area contributed by atoms with Gasteiger partial charge in [-0.25, -0.2) is 4.98 Å². The second-order valence-electron chi connectivity index (χ2n) is 7.13. The average molecular weight is 377 g/mol. The number of piperidine rings is 1. The van der Waals surface area contributed by atoms with Gasteiger partial charge in [0.1, 0.15) is 6.10 Å². The first-order valence-corrected chi connectivity index (χ1v) is 9.48. The highest BCUT2D eigenvalue weighted by molar-refractivity contribution is 5.98. The fourth-order valence-electron chi connectivity index (χ4n) is 3.53. The highest BCUT2D eigenvalue weighted by Gasteiger charge is 2.32. The van der Waals surface area contributed by atoms with Gasteiger partial charge < -0.3 is 9.64 Å². The van der Waals surface area contributed by atoms with Crippen molar-refractivity contribution in [2.24, 2.45) is 0 Å². The highest BCUT2D eigenvalue weighted by Crippen LogP contribution is 2.25. The molecular weight excluding hydrogens is 354 g/mol. The first-order chi connectivity index (χ1) is 13.6. The van der Waals surface area contributed by atoms with Crippen molar-refractivity contribution in [1.29, 1.82) is 0 Å². The van der Waals surface area contributed by atoms with E-state index in [4.69, 9.17) is 4.74 Å². The molecule has 4 rings (SSSR count). The fourth-order valence-corrected chi connectivity index (χ4v) is 3.53. The van der Waals surface area contributed by atoms with Crippen LogP contribution in [0.3, 0.4) is 0 Å². The van der Waals surface area contributed by atoms with Gasteiger partial charge >= 0.3 is 0 Å². The first kappa shape index (κ1) is 18.2. The van der Waals surface area contributed by atoms with Gasteiger partial charge in [-0.15, -0.1) is 0 Å². The maximum absolute atomic E-state index is 13.5. The molecule has 1 aliphatic heterocycles. The van der Waals surface area contributed by atoms with Crippen LogP contribution in [0.5, 0.6) is 5.88 Å². The quantitative estimate of drug-likeness (QED) is 0.699. The third-order valence-electron chi connectivity index (χ3n) is 5.04. The molecule has 2 atom stereocenters. The van der Waals surface area contributed by atoms with Crippen LogP contribution in [0.1, 0.15) is 35.7 Å². The molecule has 0 saturated carbocycles. The molecule has 7 heteroatoms. The number of rotatable bonds is 4. The second-order valence-corrected chi connectivity index (χ2v) is 7.13. The molecule has 1 aliphatic rings. The lowest BCUT2D eigenvalue weighted by molar-refractivity contribution is 0.0372. The van der Waals surface area contributed by atoms with Gasteiger partial charge in [-0.2, -0.15) is 15.0 Å². The molecule has 3 heterocycles. The van der Waals surface area contributed by atoms with E-state index in [1.807, 2.05) is 48.2 Å². The Kier molecular flexibility index (Phi) is 5.06. The lowest BCUT2D eigenvalue weighted by Gasteiger charge is -2.38. The van der Waals surface area contributed by atoms with E-state index in [-0.39, 0.29) is 18.1 Å². The minimum absolute atomic E-state index is 0.0298. The van der Waals surface area contributed by atoms with Gasteiger partial charge in [0.05, 0.1) is 30.2 Å². The van der Waals surface area contributed by atoms with Crippen molar-refractivity contribution in [1.82, 2.24) is 24.9 Å². The number of aromatic nitrogens is 4. The average Bonchev–Trinajstić information content (AvgIpc) is 3.24. The molecule has 7 nitrogen and oxygen atoms in total. The third-order valence-corrected chi connectivity index (χ3v) is 5.04. The summed E-state index contributed by atoms with van der Waals surface area (Å²) >= 11 is 0. The van der Waals surface area contributed by atoms with E-state index in [1.165, 1.54) is 4.80 Å². The summed E-state index contributed by atoms with van der Waals surface area (Å²) in [5, 5.41) is 8.39. The Morgan fingerprint density at radius 3 is 2.68 bits per heavy atom. The van der Waals surface area contributed by atoms with Crippen LogP contribution in [0.15, 0.2) is 55.0 Å². The summed E-state index contributed by atoms with van der Waals surface area (Å²) in [5.74, 6) is 0.559. The molecular formula is C21H23N5O2. The largest absolute Gasteiger partial charge is 0.472 e. The lowest BCUT2D eigenvalue weighted by Crippen LogP contribution is -2.49. The van der Waals surface area contributed by atoms with Crippen molar-refractivity contribution in [2.45, 2.75) is 38.8 Å². The number of ether oxygens (including phenoxy) is 1. The molecule has 1 aromatic carbocycles. The van der Waals surface area contributed by atoms with Crippen LogP contribution in [0.2, 0.25) is 0 Å². The molecule has 2 aromatic heterocycles. The zero-order valence-electron chi connectivity index (χ0n) is 16.0. The fraction of sp³-hybridized carbons (Fsp3) is 0.333. The number of hydrogen-bond acceptors (Lipinski definition) is 5. The number of carbonyl (C=O) groups excluding carboxylic acids is 1. The predicted molar refractivity (Wildman–Crippen MR) is 104 cm³/mol. The Labute approximate surface area is 164 Å². The first-order valence-electron chi connectivity index (χ1n) is 9.48. The lowest BCUT2D eigenvalue weighted by atomic mass is 9.99. The van der Waals surface area contributed by atoms with E-state index in [1.54, 1.807) is 18.6 Å². The molecule has 1 saturated heterocycles. The SMILES string of the molecule is Cc1ccc(-n2nccn2)c(C(=O)N2CC(Oc3ccccn3)CCC2C)c1. The molecule has 0 radical (unpaired) electrons. The summed E-state index contributed by atoms with van der Waals surface area (Å²) in [4.78, 5) is 21.1. The highest BCUT2D eigenvalue weighted by atomic mass is 16.5. The summed E-state index contributed by atoms with van der Waals surface area (Å²) in [5.41, 5.74) is 2.30. The van der Waals surface area contributed by atoms with E-state index in [0.717, 1.165) is 18.4 Å². The van der Waals surface area contributed by atoms with Crippen molar-refractivity contribution in [3.05, 3.63) is 66.1 Å². The molecule has 1 amide bonds. The number of carbonyl (C=O) groups is 1. The van der Waals surface area contributed by atoms with Gasteiger partial charge in [-0.1, -0.05) is 17.7 Å². The normalized spacial score (nSPS) is 19.4. The topological polar surface area (TPSA) is 73.1 Å². The van der Waals surface area contributed by atoms with Crippen LogP contribution < -0.4 is 4.74 Å². The van der Waals surface area contributed by atoms with Crippen LogP contribution in [0.25, 0.3) is 5.69 Å². The van der Waals surface area contributed by atoms with Gasteiger partial charge in [0.25, 0.3) is 5.91 Å². The van der Waals surface area contributed by atoms with Crippen LogP contribution in [0.4, 0.5) is 0 Å². The van der Waals surface area contributed by atoms with Gasteiger partial charge in [-0.05, 0) is 44.9 Å². The zero-order valence-corrected chi connectivity index (χ0v) is 16.0. The standard InChI is InChI=1S/C21H23N5O2/c1-15-6-9-19(26-23-11-12-24-26)18(13-15)21(27)25-14-17(8-7-16(25)2)28-20-5-3-4-10-22-20/h3-6,9-13,16-17H,7-8,14H2,1-2H3. The maximum atomic E-state index is 13.5. The molecule has 144 valence electrons. The van der Waals surface area contributed by atoms with Crippen LogP contribution in [-0.2, 0) is 0 Å². The number of hydrogen-bond donors (Lipinski definition) is 0. The summed E-state index contributed by atoms with van der Waals surface area (Å²) < 4.78 is 6.01. The molecule has 28 heavy (non-hydrogen) atoms. The second kappa shape index (κ2) is 7.80. The van der Waals surface area contributed by atoms with Crippen LogP contribution in [-0.4, -0.2) is 49.5 Å². The van der Waals surface area contributed by atoms with Gasteiger partial charge in [-0.3, -0.25) is 4.79 Å². The molecule has 3 aromatic rings. The predicted octanol–water partition coefficient (Wildman–Crippen LogP) is 3.04. The Morgan fingerprint density at radius 2 is 1.93 bits per heavy atom. The Morgan fingerprint density at radius 1 is 1.11 bits per heavy atom. The van der Waals surface area contributed by atoms with E-state index in [9.17, 15) is 4.79 Å². The van der Waals surface area contributed by atoms with Gasteiger partial charge in [0.2, 0.25) is 5.88 Å². The Hall–Kier alpha value is -3.22.